The van der Waals surface area contributed by atoms with E-state index in [9.17, 15) is 4.79 Å². The number of anilines is 1. The highest BCUT2D eigenvalue weighted by Gasteiger charge is 2.08. The maximum absolute atomic E-state index is 12.1. The molecule has 0 saturated carbocycles. The lowest BCUT2D eigenvalue weighted by Gasteiger charge is -2.10. The predicted octanol–water partition coefficient (Wildman–Crippen LogP) is 4.25. The normalized spacial score (nSPS) is 10.2. The van der Waals surface area contributed by atoms with E-state index in [-0.39, 0.29) is 18.5 Å². The van der Waals surface area contributed by atoms with Crippen molar-refractivity contribution < 1.29 is 14.3 Å². The molecule has 1 N–H and O–H groups in total. The van der Waals surface area contributed by atoms with Crippen molar-refractivity contribution in [2.75, 3.05) is 11.9 Å². The van der Waals surface area contributed by atoms with Crippen LogP contribution in [0.25, 0.3) is 0 Å². The second-order valence-electron chi connectivity index (χ2n) is 5.43. The Morgan fingerprint density at radius 1 is 1.08 bits per heavy atom. The summed E-state index contributed by atoms with van der Waals surface area (Å²) >= 11 is 6.10. The molecule has 3 aromatic rings. The molecule has 1 amide bonds. The number of carbonyl (C=O) groups is 1. The molecule has 0 saturated heterocycles. The molecule has 0 spiro atoms. The van der Waals surface area contributed by atoms with Crippen molar-refractivity contribution in [2.45, 2.75) is 6.92 Å². The first-order valence-electron chi connectivity index (χ1n) is 7.84. The van der Waals surface area contributed by atoms with E-state index in [2.05, 4.69) is 15.3 Å². The van der Waals surface area contributed by atoms with E-state index in [1.54, 1.807) is 54.9 Å². The smallest absolute Gasteiger partial charge is 0.321 e. The van der Waals surface area contributed by atoms with E-state index in [0.29, 0.717) is 22.2 Å². The van der Waals surface area contributed by atoms with Gasteiger partial charge in [-0.1, -0.05) is 23.7 Å². The Balaban J connectivity index is 1.57. The van der Waals surface area contributed by atoms with E-state index in [1.165, 1.54) is 0 Å². The first-order valence-corrected chi connectivity index (χ1v) is 8.22. The maximum atomic E-state index is 12.1. The van der Waals surface area contributed by atoms with Crippen LogP contribution in [0.1, 0.15) is 5.56 Å². The largest absolute Gasteiger partial charge is 0.484 e. The highest BCUT2D eigenvalue weighted by molar-refractivity contribution is 6.33. The zero-order valence-electron chi connectivity index (χ0n) is 14.0. The summed E-state index contributed by atoms with van der Waals surface area (Å²) in [5.74, 6) is 0.688. The van der Waals surface area contributed by atoms with Crippen molar-refractivity contribution in [3.8, 4) is 17.5 Å². The average molecular weight is 370 g/mol. The minimum Gasteiger partial charge on any atom is -0.484 e. The van der Waals surface area contributed by atoms with Gasteiger partial charge in [-0.3, -0.25) is 4.79 Å². The number of hydrogen-bond donors (Lipinski definition) is 1. The molecule has 6 nitrogen and oxygen atoms in total. The number of ether oxygens (including phenoxy) is 2. The van der Waals surface area contributed by atoms with Gasteiger partial charge >= 0.3 is 6.01 Å². The van der Waals surface area contributed by atoms with Crippen LogP contribution in [0, 0.1) is 6.92 Å². The summed E-state index contributed by atoms with van der Waals surface area (Å²) in [7, 11) is 0. The summed E-state index contributed by atoms with van der Waals surface area (Å²) in [5.41, 5.74) is 1.56. The van der Waals surface area contributed by atoms with Gasteiger partial charge in [0.25, 0.3) is 5.91 Å². The molecule has 2 aromatic carbocycles. The lowest BCUT2D eigenvalue weighted by Crippen LogP contribution is -2.20. The number of nitrogens with zero attached hydrogens (tertiary/aromatic N) is 2. The summed E-state index contributed by atoms with van der Waals surface area (Å²) in [6.07, 6.45) is 3.17. The van der Waals surface area contributed by atoms with Crippen LogP contribution in [0.3, 0.4) is 0 Å². The fourth-order valence-corrected chi connectivity index (χ4v) is 2.41. The number of carbonyl (C=O) groups excluding carboxylic acids is 1. The number of halogens is 1. The predicted molar refractivity (Wildman–Crippen MR) is 98.9 cm³/mol. The number of amides is 1. The molecule has 0 bridgehead atoms. The van der Waals surface area contributed by atoms with Crippen molar-refractivity contribution in [3.05, 3.63) is 71.5 Å². The van der Waals surface area contributed by atoms with Crippen molar-refractivity contribution in [2.24, 2.45) is 0 Å². The molecule has 26 heavy (non-hydrogen) atoms. The van der Waals surface area contributed by atoms with Gasteiger partial charge in [0.1, 0.15) is 11.5 Å². The number of benzene rings is 2. The summed E-state index contributed by atoms with van der Waals surface area (Å²) in [5, 5.41) is 3.20. The SMILES string of the molecule is Cc1ccc(NC(=O)COc2cccc(Oc3ncccn3)c2)c(Cl)c1. The number of aryl methyl sites for hydroxylation is 1. The monoisotopic (exact) mass is 369 g/mol. The average Bonchev–Trinajstić information content (AvgIpc) is 2.64. The van der Waals surface area contributed by atoms with Crippen LogP contribution in [0.5, 0.6) is 17.5 Å². The van der Waals surface area contributed by atoms with Crippen LogP contribution in [-0.2, 0) is 4.79 Å². The third-order valence-corrected chi connectivity index (χ3v) is 3.64. The molecule has 0 fully saturated rings. The lowest BCUT2D eigenvalue weighted by molar-refractivity contribution is -0.118. The Morgan fingerprint density at radius 2 is 1.85 bits per heavy atom. The van der Waals surface area contributed by atoms with E-state index in [1.807, 2.05) is 13.0 Å². The quantitative estimate of drug-likeness (QED) is 0.703. The van der Waals surface area contributed by atoms with Crippen LogP contribution in [0.15, 0.2) is 60.9 Å². The number of rotatable bonds is 6. The van der Waals surface area contributed by atoms with Crippen LogP contribution >= 0.6 is 11.6 Å². The topological polar surface area (TPSA) is 73.3 Å². The van der Waals surface area contributed by atoms with E-state index < -0.39 is 0 Å². The van der Waals surface area contributed by atoms with Gasteiger partial charge in [0.15, 0.2) is 6.61 Å². The zero-order chi connectivity index (χ0) is 18.4. The number of aromatic nitrogens is 2. The molecule has 132 valence electrons. The number of nitrogens with one attached hydrogen (secondary N) is 1. The van der Waals surface area contributed by atoms with E-state index in [0.717, 1.165) is 5.56 Å². The van der Waals surface area contributed by atoms with Crippen LogP contribution in [-0.4, -0.2) is 22.5 Å². The fraction of sp³-hybridized carbons (Fsp3) is 0.105. The second-order valence-corrected chi connectivity index (χ2v) is 5.84. The zero-order valence-corrected chi connectivity index (χ0v) is 14.7. The van der Waals surface area contributed by atoms with Gasteiger partial charge in [-0.05, 0) is 42.8 Å². The molecule has 0 aliphatic carbocycles. The van der Waals surface area contributed by atoms with Gasteiger partial charge in [0, 0.05) is 18.5 Å². The molecular formula is C19H16ClN3O3. The Bertz CT molecular complexity index is 904. The van der Waals surface area contributed by atoms with Crippen molar-refractivity contribution in [1.29, 1.82) is 0 Å². The lowest BCUT2D eigenvalue weighted by atomic mass is 10.2. The van der Waals surface area contributed by atoms with Gasteiger partial charge in [0.2, 0.25) is 0 Å². The maximum Gasteiger partial charge on any atom is 0.321 e. The Kier molecular flexibility index (Phi) is 5.66. The Hall–Kier alpha value is -3.12. The summed E-state index contributed by atoms with van der Waals surface area (Å²) in [6, 6.07) is 14.2. The first-order chi connectivity index (χ1) is 12.6. The van der Waals surface area contributed by atoms with Crippen LogP contribution in [0.2, 0.25) is 5.02 Å². The molecule has 0 aliphatic rings. The third kappa shape index (κ3) is 4.94. The van der Waals surface area contributed by atoms with Gasteiger partial charge < -0.3 is 14.8 Å². The minimum absolute atomic E-state index is 0.157. The molecule has 0 atom stereocenters. The van der Waals surface area contributed by atoms with Gasteiger partial charge in [-0.25, -0.2) is 9.97 Å². The Labute approximate surface area is 155 Å². The van der Waals surface area contributed by atoms with Gasteiger partial charge in [-0.15, -0.1) is 0 Å². The highest BCUT2D eigenvalue weighted by Crippen LogP contribution is 2.24. The molecule has 0 unspecified atom stereocenters. The third-order valence-electron chi connectivity index (χ3n) is 3.33. The Morgan fingerprint density at radius 3 is 2.62 bits per heavy atom. The molecule has 1 aromatic heterocycles. The molecule has 7 heteroatoms. The molecule has 0 aliphatic heterocycles. The van der Waals surface area contributed by atoms with Crippen molar-refractivity contribution in [1.82, 2.24) is 9.97 Å². The molecule has 3 rings (SSSR count). The molecular weight excluding hydrogens is 354 g/mol. The van der Waals surface area contributed by atoms with Crippen molar-refractivity contribution >= 4 is 23.2 Å². The van der Waals surface area contributed by atoms with Crippen molar-refractivity contribution in [3.63, 3.8) is 0 Å². The summed E-state index contributed by atoms with van der Waals surface area (Å²) < 4.78 is 11.0. The van der Waals surface area contributed by atoms with Gasteiger partial charge in [0.05, 0.1) is 10.7 Å². The summed E-state index contributed by atoms with van der Waals surface area (Å²) in [6.45, 7) is 1.77. The molecule has 0 radical (unpaired) electrons. The first kappa shape index (κ1) is 17.7. The van der Waals surface area contributed by atoms with Crippen LogP contribution in [0.4, 0.5) is 5.69 Å². The minimum atomic E-state index is -0.312. The standard InChI is InChI=1S/C19H16ClN3O3/c1-13-6-7-17(16(20)10-13)23-18(24)12-25-14-4-2-5-15(11-14)26-19-21-8-3-9-22-19/h2-11H,12H2,1H3,(H,23,24). The highest BCUT2D eigenvalue weighted by atomic mass is 35.5. The van der Waals surface area contributed by atoms with Crippen LogP contribution < -0.4 is 14.8 Å². The van der Waals surface area contributed by atoms with E-state index in [4.69, 9.17) is 21.1 Å². The molecule has 1 heterocycles. The van der Waals surface area contributed by atoms with Gasteiger partial charge in [-0.2, -0.15) is 0 Å². The number of hydrogen-bond acceptors (Lipinski definition) is 5. The van der Waals surface area contributed by atoms with E-state index >= 15 is 0 Å². The fourth-order valence-electron chi connectivity index (χ4n) is 2.13. The second kappa shape index (κ2) is 8.31. The summed E-state index contributed by atoms with van der Waals surface area (Å²) in [4.78, 5) is 20.0.